The topological polar surface area (TPSA) is 38.7 Å². The van der Waals surface area contributed by atoms with Crippen molar-refractivity contribution in [2.75, 3.05) is 25.2 Å². The van der Waals surface area contributed by atoms with Crippen molar-refractivity contribution >= 4 is 11.8 Å². The summed E-state index contributed by atoms with van der Waals surface area (Å²) in [4.78, 5) is 0. The fourth-order valence-corrected chi connectivity index (χ4v) is 2.34. The first-order chi connectivity index (χ1) is 8.35. The van der Waals surface area contributed by atoms with Gasteiger partial charge in [0, 0.05) is 18.1 Å². The zero-order valence-electron chi connectivity index (χ0n) is 10.0. The lowest BCUT2D eigenvalue weighted by Crippen LogP contribution is -2.31. The molecule has 3 nitrogen and oxygen atoms in total. The third-order valence-corrected chi connectivity index (χ3v) is 3.99. The molecular formula is C13H18O3S. The molecule has 0 saturated carbocycles. The zero-order chi connectivity index (χ0) is 12.1. The standard InChI is InChI=1S/C13H18O3S/c1-15-12-6-2-4-10(5-3-7-14)13(12)16-11-8-17-9-11/h2,4,6,11,14H,3,5,7-9H2,1H3. The first-order valence-electron chi connectivity index (χ1n) is 5.86. The summed E-state index contributed by atoms with van der Waals surface area (Å²) in [5, 5.41) is 8.91. The maximum absolute atomic E-state index is 8.91. The highest BCUT2D eigenvalue weighted by molar-refractivity contribution is 8.00. The Morgan fingerprint density at radius 3 is 2.82 bits per heavy atom. The number of aryl methyl sites for hydroxylation is 1. The summed E-state index contributed by atoms with van der Waals surface area (Å²) in [5.41, 5.74) is 1.12. The van der Waals surface area contributed by atoms with Crippen molar-refractivity contribution in [2.24, 2.45) is 0 Å². The van der Waals surface area contributed by atoms with Crippen molar-refractivity contribution in [1.29, 1.82) is 0 Å². The minimum absolute atomic E-state index is 0.204. The van der Waals surface area contributed by atoms with Gasteiger partial charge in [-0.3, -0.25) is 0 Å². The second-order valence-electron chi connectivity index (χ2n) is 4.05. The van der Waals surface area contributed by atoms with Gasteiger partial charge < -0.3 is 14.6 Å². The molecule has 0 bridgehead atoms. The molecule has 0 aromatic heterocycles. The van der Waals surface area contributed by atoms with Gasteiger partial charge in [0.1, 0.15) is 6.10 Å². The van der Waals surface area contributed by atoms with Crippen molar-refractivity contribution in [2.45, 2.75) is 18.9 Å². The summed E-state index contributed by atoms with van der Waals surface area (Å²) in [7, 11) is 1.66. The number of methoxy groups -OCH3 is 1. The highest BCUT2D eigenvalue weighted by Crippen LogP contribution is 2.35. The quantitative estimate of drug-likeness (QED) is 0.844. The molecule has 0 unspecified atom stereocenters. The van der Waals surface area contributed by atoms with E-state index in [4.69, 9.17) is 14.6 Å². The lowest BCUT2D eigenvalue weighted by molar-refractivity contribution is 0.224. The molecule has 94 valence electrons. The van der Waals surface area contributed by atoms with Crippen LogP contribution in [-0.2, 0) is 6.42 Å². The number of hydrogen-bond donors (Lipinski definition) is 1. The zero-order valence-corrected chi connectivity index (χ0v) is 10.8. The van der Waals surface area contributed by atoms with Crippen LogP contribution in [0.5, 0.6) is 11.5 Å². The average Bonchev–Trinajstić information content (AvgIpc) is 2.31. The molecule has 0 aliphatic carbocycles. The van der Waals surface area contributed by atoms with E-state index in [1.807, 2.05) is 30.0 Å². The second-order valence-corrected chi connectivity index (χ2v) is 5.13. The highest BCUT2D eigenvalue weighted by atomic mass is 32.2. The van der Waals surface area contributed by atoms with Gasteiger partial charge in [-0.2, -0.15) is 11.8 Å². The van der Waals surface area contributed by atoms with E-state index in [0.717, 1.165) is 41.4 Å². The average molecular weight is 254 g/mol. The lowest BCUT2D eigenvalue weighted by Gasteiger charge is -2.28. The fourth-order valence-electron chi connectivity index (χ4n) is 1.77. The molecule has 1 aliphatic rings. The predicted octanol–water partition coefficient (Wildman–Crippen LogP) is 2.11. The number of aliphatic hydroxyl groups is 1. The van der Waals surface area contributed by atoms with E-state index in [0.29, 0.717) is 6.10 Å². The number of hydrogen-bond acceptors (Lipinski definition) is 4. The molecule has 1 aromatic carbocycles. The van der Waals surface area contributed by atoms with E-state index >= 15 is 0 Å². The molecule has 1 saturated heterocycles. The third-order valence-electron chi connectivity index (χ3n) is 2.78. The van der Waals surface area contributed by atoms with Crippen molar-refractivity contribution in [3.8, 4) is 11.5 Å². The molecule has 17 heavy (non-hydrogen) atoms. The monoisotopic (exact) mass is 254 g/mol. The largest absolute Gasteiger partial charge is 0.493 e. The van der Waals surface area contributed by atoms with Crippen LogP contribution in [-0.4, -0.2) is 36.4 Å². The Labute approximate surface area is 106 Å². The Morgan fingerprint density at radius 2 is 2.24 bits per heavy atom. The maximum Gasteiger partial charge on any atom is 0.164 e. The summed E-state index contributed by atoms with van der Waals surface area (Å²) in [6, 6.07) is 5.93. The number of thioether (sulfide) groups is 1. The number of benzene rings is 1. The van der Waals surface area contributed by atoms with Gasteiger partial charge in [-0.05, 0) is 24.5 Å². The minimum Gasteiger partial charge on any atom is -0.493 e. The molecule has 2 rings (SSSR count). The number of aliphatic hydroxyl groups excluding tert-OH is 1. The van der Waals surface area contributed by atoms with Gasteiger partial charge in [0.25, 0.3) is 0 Å². The van der Waals surface area contributed by atoms with Crippen LogP contribution in [0.4, 0.5) is 0 Å². The van der Waals surface area contributed by atoms with Crippen LogP contribution in [0.3, 0.4) is 0 Å². The van der Waals surface area contributed by atoms with Gasteiger partial charge in [0.05, 0.1) is 7.11 Å². The van der Waals surface area contributed by atoms with Crippen LogP contribution in [0.15, 0.2) is 18.2 Å². The Hall–Kier alpha value is -0.870. The van der Waals surface area contributed by atoms with Crippen LogP contribution < -0.4 is 9.47 Å². The van der Waals surface area contributed by atoms with Crippen LogP contribution in [0.25, 0.3) is 0 Å². The Kier molecular flexibility index (Phi) is 4.57. The molecule has 0 amide bonds. The summed E-state index contributed by atoms with van der Waals surface area (Å²) in [6.45, 7) is 0.204. The summed E-state index contributed by atoms with van der Waals surface area (Å²) in [6.07, 6.45) is 1.88. The van der Waals surface area contributed by atoms with Crippen molar-refractivity contribution in [1.82, 2.24) is 0 Å². The first-order valence-corrected chi connectivity index (χ1v) is 7.01. The molecule has 0 atom stereocenters. The van der Waals surface area contributed by atoms with Crippen molar-refractivity contribution in [3.05, 3.63) is 23.8 Å². The second kappa shape index (κ2) is 6.17. The van der Waals surface area contributed by atoms with Gasteiger partial charge >= 0.3 is 0 Å². The Balaban J connectivity index is 2.16. The highest BCUT2D eigenvalue weighted by Gasteiger charge is 2.22. The number of rotatable bonds is 6. The predicted molar refractivity (Wildman–Crippen MR) is 70.1 cm³/mol. The Bertz CT molecular complexity index is 364. The van der Waals surface area contributed by atoms with Gasteiger partial charge in [-0.15, -0.1) is 0 Å². The Morgan fingerprint density at radius 1 is 1.41 bits per heavy atom. The molecule has 1 heterocycles. The molecular weight excluding hydrogens is 236 g/mol. The van der Waals surface area contributed by atoms with Gasteiger partial charge in [0.2, 0.25) is 0 Å². The molecule has 1 aliphatic heterocycles. The van der Waals surface area contributed by atoms with Gasteiger partial charge in [-0.25, -0.2) is 0 Å². The van der Waals surface area contributed by atoms with E-state index in [1.165, 1.54) is 0 Å². The van der Waals surface area contributed by atoms with Crippen LogP contribution >= 0.6 is 11.8 Å². The van der Waals surface area contributed by atoms with Gasteiger partial charge in [0.15, 0.2) is 11.5 Å². The van der Waals surface area contributed by atoms with E-state index in [9.17, 15) is 0 Å². The normalized spacial score (nSPS) is 15.4. The van der Waals surface area contributed by atoms with Crippen LogP contribution in [0.2, 0.25) is 0 Å². The smallest absolute Gasteiger partial charge is 0.164 e. The fraction of sp³-hybridized carbons (Fsp3) is 0.538. The van der Waals surface area contributed by atoms with E-state index in [1.54, 1.807) is 7.11 Å². The third kappa shape index (κ3) is 3.07. The molecule has 1 aromatic rings. The molecule has 0 radical (unpaired) electrons. The summed E-state index contributed by atoms with van der Waals surface area (Å²) < 4.78 is 11.3. The lowest BCUT2D eigenvalue weighted by atomic mass is 10.1. The number of ether oxygens (including phenoxy) is 2. The van der Waals surface area contributed by atoms with Crippen molar-refractivity contribution < 1.29 is 14.6 Å². The molecule has 4 heteroatoms. The molecule has 1 fully saturated rings. The molecule has 1 N–H and O–H groups in total. The summed E-state index contributed by atoms with van der Waals surface area (Å²) in [5.74, 6) is 3.75. The molecule has 0 spiro atoms. The van der Waals surface area contributed by atoms with Gasteiger partial charge in [-0.1, -0.05) is 12.1 Å². The van der Waals surface area contributed by atoms with Crippen LogP contribution in [0.1, 0.15) is 12.0 Å². The SMILES string of the molecule is COc1cccc(CCCO)c1OC1CSC1. The van der Waals surface area contributed by atoms with E-state index in [2.05, 4.69) is 0 Å². The van der Waals surface area contributed by atoms with E-state index < -0.39 is 0 Å². The van der Waals surface area contributed by atoms with Crippen molar-refractivity contribution in [3.63, 3.8) is 0 Å². The maximum atomic E-state index is 8.91. The van der Waals surface area contributed by atoms with Crippen LogP contribution in [0, 0.1) is 0 Å². The number of para-hydroxylation sites is 1. The van der Waals surface area contributed by atoms with E-state index in [-0.39, 0.29) is 6.61 Å². The minimum atomic E-state index is 0.204. The first kappa shape index (κ1) is 12.6. The summed E-state index contributed by atoms with van der Waals surface area (Å²) >= 11 is 1.90.